The normalized spacial score (nSPS) is 10.8. The first-order valence-electron chi connectivity index (χ1n) is 5.21. The average molecular weight is 315 g/mol. The lowest BCUT2D eigenvalue weighted by Gasteiger charge is -2.04. The summed E-state index contributed by atoms with van der Waals surface area (Å²) in [5.74, 6) is -0.232. The minimum Gasteiger partial charge on any atom is -0.306 e. The molecule has 0 aliphatic rings. The summed E-state index contributed by atoms with van der Waals surface area (Å²) < 4.78 is 13.5. The third-order valence-electron chi connectivity index (χ3n) is 2.26. The van der Waals surface area contributed by atoms with Crippen LogP contribution in [0, 0.1) is 12.7 Å². The zero-order valence-electron chi connectivity index (χ0n) is 9.34. The van der Waals surface area contributed by atoms with Crippen LogP contribution in [0.3, 0.4) is 0 Å². The number of thiazole rings is 1. The highest BCUT2D eigenvalue weighted by atomic mass is 79.9. The molecule has 0 amide bonds. The number of hydrogen-bond acceptors (Lipinski definition) is 3. The number of benzene rings is 1. The maximum Gasteiger partial charge on any atom is 0.137 e. The summed E-state index contributed by atoms with van der Waals surface area (Å²) in [6, 6.07) is 5.03. The molecule has 1 heterocycles. The van der Waals surface area contributed by atoms with Crippen molar-refractivity contribution < 1.29 is 4.39 Å². The molecule has 0 radical (unpaired) electrons. The molecular formula is C12H12BrFN2S. The second kappa shape index (κ2) is 5.71. The van der Waals surface area contributed by atoms with Crippen LogP contribution in [0.25, 0.3) is 0 Å². The maximum absolute atomic E-state index is 13.0. The van der Waals surface area contributed by atoms with Gasteiger partial charge in [-0.1, -0.05) is 6.07 Å². The molecule has 0 spiro atoms. The molecule has 0 bridgehead atoms. The van der Waals surface area contributed by atoms with E-state index in [1.54, 1.807) is 23.5 Å². The maximum atomic E-state index is 13.0. The van der Waals surface area contributed by atoms with Crippen LogP contribution in [-0.4, -0.2) is 4.98 Å². The number of rotatable bonds is 4. The molecule has 0 saturated heterocycles. The number of nitrogens with zero attached hydrogens (tertiary/aromatic N) is 1. The lowest BCUT2D eigenvalue weighted by atomic mass is 10.2. The zero-order valence-corrected chi connectivity index (χ0v) is 11.7. The van der Waals surface area contributed by atoms with E-state index in [9.17, 15) is 4.39 Å². The Morgan fingerprint density at radius 1 is 1.41 bits per heavy atom. The summed E-state index contributed by atoms with van der Waals surface area (Å²) in [5, 5.41) is 4.36. The molecule has 2 rings (SSSR count). The Kier molecular flexibility index (Phi) is 4.25. The van der Waals surface area contributed by atoms with Gasteiger partial charge in [0, 0.05) is 24.2 Å². The van der Waals surface area contributed by atoms with Crippen LogP contribution >= 0.6 is 27.3 Å². The highest BCUT2D eigenvalue weighted by Crippen LogP contribution is 2.17. The van der Waals surface area contributed by atoms with Crippen LogP contribution in [0.4, 0.5) is 4.39 Å². The van der Waals surface area contributed by atoms with Crippen molar-refractivity contribution in [2.24, 2.45) is 0 Å². The Morgan fingerprint density at radius 2 is 2.24 bits per heavy atom. The van der Waals surface area contributed by atoms with E-state index in [2.05, 4.69) is 26.2 Å². The lowest BCUT2D eigenvalue weighted by Crippen LogP contribution is -2.12. The van der Waals surface area contributed by atoms with Crippen LogP contribution in [0.1, 0.15) is 15.4 Å². The number of aromatic nitrogens is 1. The number of aryl methyl sites for hydroxylation is 1. The van der Waals surface area contributed by atoms with E-state index < -0.39 is 0 Å². The molecule has 1 N–H and O–H groups in total. The monoisotopic (exact) mass is 314 g/mol. The van der Waals surface area contributed by atoms with Crippen molar-refractivity contribution in [2.75, 3.05) is 0 Å². The smallest absolute Gasteiger partial charge is 0.137 e. The third-order valence-corrected chi connectivity index (χ3v) is 3.78. The summed E-state index contributed by atoms with van der Waals surface area (Å²) in [5.41, 5.74) is 1.05. The number of halogens is 2. The summed E-state index contributed by atoms with van der Waals surface area (Å²) >= 11 is 4.86. The van der Waals surface area contributed by atoms with E-state index in [0.717, 1.165) is 17.1 Å². The van der Waals surface area contributed by atoms with Gasteiger partial charge in [0.15, 0.2) is 0 Å². The van der Waals surface area contributed by atoms with Gasteiger partial charge in [-0.2, -0.15) is 0 Å². The predicted octanol–water partition coefficient (Wildman–Crippen LogP) is 3.64. The van der Waals surface area contributed by atoms with Gasteiger partial charge in [-0.3, -0.25) is 0 Å². The predicted molar refractivity (Wildman–Crippen MR) is 71.5 cm³/mol. The van der Waals surface area contributed by atoms with Crippen LogP contribution in [-0.2, 0) is 13.1 Å². The van der Waals surface area contributed by atoms with Crippen molar-refractivity contribution >= 4 is 27.3 Å². The average Bonchev–Trinajstić information content (AvgIpc) is 2.70. The Morgan fingerprint density at radius 3 is 2.88 bits per heavy atom. The first-order chi connectivity index (χ1) is 8.15. The molecule has 17 heavy (non-hydrogen) atoms. The van der Waals surface area contributed by atoms with E-state index in [-0.39, 0.29) is 5.82 Å². The fourth-order valence-corrected chi connectivity index (χ4v) is 2.63. The summed E-state index contributed by atoms with van der Waals surface area (Å²) in [6.07, 6.45) is 1.87. The van der Waals surface area contributed by atoms with E-state index >= 15 is 0 Å². The molecule has 1 aromatic heterocycles. The van der Waals surface area contributed by atoms with Crippen molar-refractivity contribution in [3.63, 3.8) is 0 Å². The summed E-state index contributed by atoms with van der Waals surface area (Å²) in [6.45, 7) is 3.49. The Labute approximate surface area is 112 Å². The Bertz CT molecular complexity index is 513. The second-order valence-electron chi connectivity index (χ2n) is 3.72. The quantitative estimate of drug-likeness (QED) is 0.932. The molecule has 2 nitrogen and oxygen atoms in total. The van der Waals surface area contributed by atoms with Crippen molar-refractivity contribution in [1.29, 1.82) is 0 Å². The van der Waals surface area contributed by atoms with Gasteiger partial charge in [-0.25, -0.2) is 9.37 Å². The van der Waals surface area contributed by atoms with Crippen LogP contribution < -0.4 is 5.32 Å². The molecule has 0 aliphatic heterocycles. The van der Waals surface area contributed by atoms with Gasteiger partial charge < -0.3 is 5.32 Å². The van der Waals surface area contributed by atoms with Gasteiger partial charge in [-0.15, -0.1) is 11.3 Å². The SMILES string of the molecule is Cc1cnc(CNCc2ccc(F)c(Br)c2)s1. The number of nitrogens with one attached hydrogen (secondary N) is 1. The first-order valence-corrected chi connectivity index (χ1v) is 6.82. The highest BCUT2D eigenvalue weighted by Gasteiger charge is 2.01. The van der Waals surface area contributed by atoms with Gasteiger partial charge >= 0.3 is 0 Å². The molecule has 0 aliphatic carbocycles. The fraction of sp³-hybridized carbons (Fsp3) is 0.250. The van der Waals surface area contributed by atoms with Crippen LogP contribution in [0.15, 0.2) is 28.9 Å². The zero-order chi connectivity index (χ0) is 12.3. The molecule has 0 fully saturated rings. The van der Waals surface area contributed by atoms with Gasteiger partial charge in [0.05, 0.1) is 4.47 Å². The summed E-state index contributed by atoms with van der Waals surface area (Å²) in [7, 11) is 0. The van der Waals surface area contributed by atoms with E-state index in [1.165, 1.54) is 10.9 Å². The van der Waals surface area contributed by atoms with Crippen molar-refractivity contribution in [3.05, 3.63) is 50.1 Å². The van der Waals surface area contributed by atoms with Gasteiger partial charge in [0.2, 0.25) is 0 Å². The largest absolute Gasteiger partial charge is 0.306 e. The topological polar surface area (TPSA) is 24.9 Å². The first kappa shape index (κ1) is 12.7. The van der Waals surface area contributed by atoms with Crippen molar-refractivity contribution in [3.8, 4) is 0 Å². The lowest BCUT2D eigenvalue weighted by molar-refractivity contribution is 0.618. The molecular weight excluding hydrogens is 303 g/mol. The molecule has 2 aromatic rings. The van der Waals surface area contributed by atoms with E-state index in [1.807, 2.05) is 13.1 Å². The van der Waals surface area contributed by atoms with Crippen LogP contribution in [0.5, 0.6) is 0 Å². The molecule has 0 atom stereocenters. The Hall–Kier alpha value is -0.780. The van der Waals surface area contributed by atoms with Gasteiger partial charge in [0.1, 0.15) is 10.8 Å². The highest BCUT2D eigenvalue weighted by molar-refractivity contribution is 9.10. The molecule has 0 saturated carbocycles. The second-order valence-corrected chi connectivity index (χ2v) is 5.89. The molecule has 1 aromatic carbocycles. The standard InChI is InChI=1S/C12H12BrFN2S/c1-8-5-16-12(17-8)7-15-6-9-2-3-11(14)10(13)4-9/h2-5,15H,6-7H2,1H3. The third kappa shape index (κ3) is 3.59. The van der Waals surface area contributed by atoms with Gasteiger partial charge in [-0.05, 0) is 40.5 Å². The van der Waals surface area contributed by atoms with Gasteiger partial charge in [0.25, 0.3) is 0 Å². The van der Waals surface area contributed by atoms with E-state index in [0.29, 0.717) is 11.0 Å². The van der Waals surface area contributed by atoms with E-state index in [4.69, 9.17) is 0 Å². The summed E-state index contributed by atoms with van der Waals surface area (Å²) in [4.78, 5) is 5.48. The fourth-order valence-electron chi connectivity index (χ4n) is 1.45. The molecule has 0 unspecified atom stereocenters. The minimum absolute atomic E-state index is 0.232. The van der Waals surface area contributed by atoms with Crippen molar-refractivity contribution in [2.45, 2.75) is 20.0 Å². The number of hydrogen-bond donors (Lipinski definition) is 1. The molecule has 5 heteroatoms. The van der Waals surface area contributed by atoms with Crippen LogP contribution in [0.2, 0.25) is 0 Å². The Balaban J connectivity index is 1.87. The minimum atomic E-state index is -0.232. The van der Waals surface area contributed by atoms with Crippen molar-refractivity contribution in [1.82, 2.24) is 10.3 Å². The molecule has 90 valence electrons.